The molecule has 0 aliphatic carbocycles. The van der Waals surface area contributed by atoms with Gasteiger partial charge in [-0.2, -0.15) is 0 Å². The summed E-state index contributed by atoms with van der Waals surface area (Å²) in [5.41, 5.74) is 1.60. The maximum absolute atomic E-state index is 13.5. The summed E-state index contributed by atoms with van der Waals surface area (Å²) in [6.07, 6.45) is 0.188. The molecule has 3 heterocycles. The van der Waals surface area contributed by atoms with E-state index < -0.39 is 0 Å². The van der Waals surface area contributed by atoms with Crippen LogP contribution in [-0.4, -0.2) is 59.3 Å². The highest BCUT2D eigenvalue weighted by Crippen LogP contribution is 2.27. The summed E-state index contributed by atoms with van der Waals surface area (Å²) in [5.74, 6) is -0.840. The molecule has 148 valence electrons. The Morgan fingerprint density at radius 2 is 2.07 bits per heavy atom. The van der Waals surface area contributed by atoms with E-state index in [-0.39, 0.29) is 30.0 Å². The number of hydrogen-bond acceptors (Lipinski definition) is 5. The van der Waals surface area contributed by atoms with E-state index in [0.717, 1.165) is 30.3 Å². The van der Waals surface area contributed by atoms with Crippen LogP contribution in [0.4, 0.5) is 10.1 Å². The van der Waals surface area contributed by atoms with Crippen molar-refractivity contribution in [1.82, 2.24) is 14.8 Å². The number of carbonyl (C=O) groups is 2. The summed E-state index contributed by atoms with van der Waals surface area (Å²) >= 11 is 1.65. The molecule has 4 rings (SSSR count). The zero-order chi connectivity index (χ0) is 19.7. The zero-order valence-corrected chi connectivity index (χ0v) is 16.6. The molecule has 0 N–H and O–H groups in total. The summed E-state index contributed by atoms with van der Waals surface area (Å²) in [4.78, 5) is 35.4. The molecule has 1 aromatic carbocycles. The molecule has 2 aliphatic rings. The van der Waals surface area contributed by atoms with Gasteiger partial charge in [0.1, 0.15) is 5.82 Å². The lowest BCUT2D eigenvalue weighted by molar-refractivity contribution is -0.137. The van der Waals surface area contributed by atoms with Gasteiger partial charge < -0.3 is 9.80 Å². The van der Waals surface area contributed by atoms with E-state index >= 15 is 0 Å². The van der Waals surface area contributed by atoms with Crippen molar-refractivity contribution in [2.24, 2.45) is 5.92 Å². The largest absolute Gasteiger partial charge is 0.340 e. The number of thiazole rings is 1. The fourth-order valence-corrected chi connectivity index (χ4v) is 4.46. The maximum atomic E-state index is 13.5. The van der Waals surface area contributed by atoms with E-state index in [1.165, 1.54) is 17.0 Å². The molecule has 28 heavy (non-hydrogen) atoms. The highest BCUT2D eigenvalue weighted by molar-refractivity contribution is 7.09. The number of amides is 2. The topological polar surface area (TPSA) is 56.8 Å². The zero-order valence-electron chi connectivity index (χ0n) is 15.8. The Morgan fingerprint density at radius 3 is 2.75 bits per heavy atom. The number of nitrogens with zero attached hydrogens (tertiary/aromatic N) is 4. The van der Waals surface area contributed by atoms with Crippen LogP contribution in [0, 0.1) is 18.7 Å². The fourth-order valence-electron chi connectivity index (χ4n) is 3.86. The molecule has 0 spiro atoms. The molecule has 0 bridgehead atoms. The molecule has 2 fully saturated rings. The predicted octanol–water partition coefficient (Wildman–Crippen LogP) is 2.29. The van der Waals surface area contributed by atoms with Gasteiger partial charge in [0.2, 0.25) is 11.8 Å². The average Bonchev–Trinajstić information content (AvgIpc) is 3.27. The SMILES string of the molecule is Cc1nc(CN2CCN(C(=O)[C@@H]3CC(=O)N(c4cccc(F)c4)C3)CC2)cs1. The summed E-state index contributed by atoms with van der Waals surface area (Å²) in [5, 5.41) is 3.15. The van der Waals surface area contributed by atoms with E-state index in [2.05, 4.69) is 15.3 Å². The van der Waals surface area contributed by atoms with Crippen LogP contribution in [0.3, 0.4) is 0 Å². The van der Waals surface area contributed by atoms with Crippen LogP contribution in [-0.2, 0) is 16.1 Å². The van der Waals surface area contributed by atoms with Crippen molar-refractivity contribution >= 4 is 28.8 Å². The first kappa shape index (κ1) is 19.0. The van der Waals surface area contributed by atoms with E-state index in [0.29, 0.717) is 25.3 Å². The van der Waals surface area contributed by atoms with Crippen LogP contribution in [0.2, 0.25) is 0 Å². The second-order valence-corrected chi connectivity index (χ2v) is 8.41. The molecule has 8 heteroatoms. The number of aryl methyl sites for hydroxylation is 1. The van der Waals surface area contributed by atoms with Crippen molar-refractivity contribution in [2.45, 2.75) is 19.9 Å². The van der Waals surface area contributed by atoms with Gasteiger partial charge in [-0.25, -0.2) is 9.37 Å². The van der Waals surface area contributed by atoms with Gasteiger partial charge in [0.05, 0.1) is 16.6 Å². The summed E-state index contributed by atoms with van der Waals surface area (Å²) < 4.78 is 13.5. The maximum Gasteiger partial charge on any atom is 0.228 e. The molecule has 2 saturated heterocycles. The molecule has 6 nitrogen and oxygen atoms in total. The summed E-state index contributed by atoms with van der Waals surface area (Å²) in [6.45, 7) is 6.05. The normalized spacial score (nSPS) is 20.8. The van der Waals surface area contributed by atoms with Gasteiger partial charge in [-0.1, -0.05) is 6.07 Å². The van der Waals surface area contributed by atoms with Gasteiger partial charge in [0.15, 0.2) is 0 Å². The van der Waals surface area contributed by atoms with Crippen LogP contribution in [0.25, 0.3) is 0 Å². The van der Waals surface area contributed by atoms with E-state index in [4.69, 9.17) is 0 Å². The van der Waals surface area contributed by atoms with Crippen molar-refractivity contribution < 1.29 is 14.0 Å². The lowest BCUT2D eigenvalue weighted by atomic mass is 10.1. The molecule has 0 radical (unpaired) electrons. The van der Waals surface area contributed by atoms with Crippen LogP contribution in [0.1, 0.15) is 17.1 Å². The molecular formula is C20H23FN4O2S. The Bertz CT molecular complexity index is 879. The van der Waals surface area contributed by atoms with Crippen LogP contribution >= 0.6 is 11.3 Å². The summed E-state index contributed by atoms with van der Waals surface area (Å²) in [7, 11) is 0. The highest BCUT2D eigenvalue weighted by atomic mass is 32.1. The highest BCUT2D eigenvalue weighted by Gasteiger charge is 2.38. The number of rotatable bonds is 4. The Hall–Kier alpha value is -2.32. The quantitative estimate of drug-likeness (QED) is 0.788. The molecular weight excluding hydrogens is 379 g/mol. The lowest BCUT2D eigenvalue weighted by Crippen LogP contribution is -2.50. The average molecular weight is 402 g/mol. The first-order valence-electron chi connectivity index (χ1n) is 9.47. The molecule has 2 aromatic rings. The third-order valence-electron chi connectivity index (χ3n) is 5.33. The number of anilines is 1. The van der Waals surface area contributed by atoms with Crippen LogP contribution in [0.15, 0.2) is 29.6 Å². The smallest absolute Gasteiger partial charge is 0.228 e. The van der Waals surface area contributed by atoms with Crippen molar-refractivity contribution in [3.63, 3.8) is 0 Å². The number of benzene rings is 1. The Morgan fingerprint density at radius 1 is 1.29 bits per heavy atom. The molecule has 0 saturated carbocycles. The number of carbonyl (C=O) groups excluding carboxylic acids is 2. The van der Waals surface area contributed by atoms with Crippen molar-refractivity contribution in [1.29, 1.82) is 0 Å². The Kier molecular flexibility index (Phi) is 5.41. The van der Waals surface area contributed by atoms with Gasteiger partial charge in [-0.3, -0.25) is 14.5 Å². The lowest BCUT2D eigenvalue weighted by Gasteiger charge is -2.35. The first-order valence-corrected chi connectivity index (χ1v) is 10.4. The number of hydrogen-bond donors (Lipinski definition) is 0. The molecule has 2 amide bonds. The third kappa shape index (κ3) is 4.07. The van der Waals surface area contributed by atoms with Crippen LogP contribution < -0.4 is 4.90 Å². The van der Waals surface area contributed by atoms with Crippen molar-refractivity contribution in [3.05, 3.63) is 46.2 Å². The van der Waals surface area contributed by atoms with Gasteiger partial charge in [0.25, 0.3) is 0 Å². The van der Waals surface area contributed by atoms with Gasteiger partial charge >= 0.3 is 0 Å². The minimum Gasteiger partial charge on any atom is -0.340 e. The molecule has 2 aliphatic heterocycles. The molecule has 1 aromatic heterocycles. The van der Waals surface area contributed by atoms with Crippen molar-refractivity contribution in [3.8, 4) is 0 Å². The van der Waals surface area contributed by atoms with Gasteiger partial charge in [0, 0.05) is 56.8 Å². The predicted molar refractivity (Wildman–Crippen MR) is 106 cm³/mol. The Balaban J connectivity index is 1.32. The standard InChI is InChI=1S/C20H23FN4O2S/c1-14-22-17(13-28-14)12-23-5-7-24(8-6-23)20(27)15-9-19(26)25(11-15)18-4-2-3-16(21)10-18/h2-4,10,13,15H,5-9,11-12H2,1H3/t15-/m1/s1. The minimum absolute atomic E-state index is 0.0244. The second-order valence-electron chi connectivity index (χ2n) is 7.34. The fraction of sp³-hybridized carbons (Fsp3) is 0.450. The molecule has 0 unspecified atom stereocenters. The third-order valence-corrected chi connectivity index (χ3v) is 6.15. The van der Waals surface area contributed by atoms with Gasteiger partial charge in [-0.05, 0) is 25.1 Å². The number of halogens is 1. The van der Waals surface area contributed by atoms with Crippen LogP contribution in [0.5, 0.6) is 0 Å². The van der Waals surface area contributed by atoms with E-state index in [1.807, 2.05) is 11.8 Å². The Labute approximate surface area is 167 Å². The number of aromatic nitrogens is 1. The van der Waals surface area contributed by atoms with E-state index in [9.17, 15) is 14.0 Å². The monoisotopic (exact) mass is 402 g/mol. The van der Waals surface area contributed by atoms with E-state index in [1.54, 1.807) is 23.5 Å². The first-order chi connectivity index (χ1) is 13.5. The molecule has 1 atom stereocenters. The minimum atomic E-state index is -0.383. The number of piperazine rings is 1. The van der Waals surface area contributed by atoms with Gasteiger partial charge in [-0.15, -0.1) is 11.3 Å². The summed E-state index contributed by atoms with van der Waals surface area (Å²) in [6, 6.07) is 5.96. The second kappa shape index (κ2) is 7.97. The van der Waals surface area contributed by atoms with Crippen molar-refractivity contribution in [2.75, 3.05) is 37.6 Å².